The summed E-state index contributed by atoms with van der Waals surface area (Å²) in [6.45, 7) is 14.4. The van der Waals surface area contributed by atoms with Gasteiger partial charge in [0.1, 0.15) is 42.0 Å². The zero-order valence-corrected chi connectivity index (χ0v) is 38.2. The van der Waals surface area contributed by atoms with E-state index in [2.05, 4.69) is 33.8 Å². The van der Waals surface area contributed by atoms with Gasteiger partial charge in [-0.1, -0.05) is 64.5 Å². The summed E-state index contributed by atoms with van der Waals surface area (Å²) in [6, 6.07) is 0. The first kappa shape index (κ1) is 47.9. The van der Waals surface area contributed by atoms with Crippen molar-refractivity contribution in [1.29, 1.82) is 0 Å². The predicted molar refractivity (Wildman–Crippen MR) is 227 cm³/mol. The summed E-state index contributed by atoms with van der Waals surface area (Å²) in [6.07, 6.45) is 6.03. The molecule has 14 heteroatoms. The molecule has 62 heavy (non-hydrogen) atoms. The molecule has 14 nitrogen and oxygen atoms in total. The van der Waals surface area contributed by atoms with Gasteiger partial charge in [0.05, 0.1) is 55.4 Å². The first-order chi connectivity index (χ1) is 29.5. The second-order valence-electron chi connectivity index (χ2n) is 19.5. The molecule has 2 aliphatic carbocycles. The van der Waals surface area contributed by atoms with E-state index in [0.717, 1.165) is 18.4 Å². The Hall–Kier alpha value is -2.05. The number of aliphatic hydroxyl groups is 4. The summed E-state index contributed by atoms with van der Waals surface area (Å²) in [4.78, 5) is 14.4. The summed E-state index contributed by atoms with van der Waals surface area (Å²) in [5.41, 5.74) is -0.815. The van der Waals surface area contributed by atoms with E-state index in [1.165, 1.54) is 0 Å². The van der Waals surface area contributed by atoms with Gasteiger partial charge in [-0.25, -0.2) is 0 Å². The highest BCUT2D eigenvalue weighted by molar-refractivity contribution is 5.78. The van der Waals surface area contributed by atoms with Crippen molar-refractivity contribution in [3.8, 4) is 0 Å². The van der Waals surface area contributed by atoms with Crippen molar-refractivity contribution >= 4 is 5.97 Å². The Balaban J connectivity index is 1.18. The van der Waals surface area contributed by atoms with Gasteiger partial charge < -0.3 is 63.1 Å². The number of carbonyl (C=O) groups excluding carboxylic acids is 1. The van der Waals surface area contributed by atoms with Gasteiger partial charge in [0.15, 0.2) is 12.6 Å². The molecule has 1 spiro atoms. The van der Waals surface area contributed by atoms with Gasteiger partial charge in [0, 0.05) is 39.4 Å². The normalized spacial score (nSPS) is 49.4. The standard InChI is InChI=1S/C48H74O14/c1-10-25(2)43-28(5)16-17-47(62-43)22-33-19-31(44(47)51)15-14-27(4)42(61-38-20-35(54-8)37(24-56-38)60-39-21-36(55-9)41(50)30(7)58-39)26(3)12-11-13-32-23-57-45-40(49)29(6)18-34(46(52)59-33)48(32,45)53/h11-14,18,25-26,28,30-31,33-45,49-51,53H,10,15-17,19-24H2,1-9H3/b12-11+,27-14+,32-13+/t25-,26-,28-,30-,31+,33-,34?,35-,36-,37-,38?,39?,40+,41-,42-,43+,44+,45+,47+,48+/m0/s1. The predicted octanol–water partition coefficient (Wildman–Crippen LogP) is 4.85. The van der Waals surface area contributed by atoms with Crippen LogP contribution in [-0.4, -0.2) is 145 Å². The Kier molecular flexibility index (Phi) is 15.3. The first-order valence-electron chi connectivity index (χ1n) is 23.2. The zero-order chi connectivity index (χ0) is 44.7. The topological polar surface area (TPSA) is 181 Å². The summed E-state index contributed by atoms with van der Waals surface area (Å²) in [5.74, 6) is -1.62. The summed E-state index contributed by atoms with van der Waals surface area (Å²) in [5, 5.41) is 46.6. The Labute approximate surface area is 367 Å². The van der Waals surface area contributed by atoms with Crippen LogP contribution in [0.1, 0.15) is 99.8 Å². The molecule has 1 saturated carbocycles. The lowest BCUT2D eigenvalue weighted by Crippen LogP contribution is -2.61. The Morgan fingerprint density at radius 2 is 1.69 bits per heavy atom. The van der Waals surface area contributed by atoms with Crippen LogP contribution in [0, 0.1) is 29.6 Å². The Morgan fingerprint density at radius 3 is 2.42 bits per heavy atom. The van der Waals surface area contributed by atoms with Crippen LogP contribution in [-0.2, 0) is 47.4 Å². The number of allylic oxidation sites excluding steroid dienone is 3. The quantitative estimate of drug-likeness (QED) is 0.192. The van der Waals surface area contributed by atoms with Crippen molar-refractivity contribution < 1.29 is 67.9 Å². The molecule has 7 aliphatic rings. The minimum Gasteiger partial charge on any atom is -0.462 e. The van der Waals surface area contributed by atoms with Gasteiger partial charge in [-0.3, -0.25) is 4.79 Å². The lowest BCUT2D eigenvalue weighted by Gasteiger charge is -2.54. The van der Waals surface area contributed by atoms with Gasteiger partial charge in [0.2, 0.25) is 0 Å². The number of hydrogen-bond donors (Lipinski definition) is 4. The second kappa shape index (κ2) is 19.8. The monoisotopic (exact) mass is 875 g/mol. The third-order valence-electron chi connectivity index (χ3n) is 15.4. The Bertz CT molecular complexity index is 1680. The molecular weight excluding hydrogens is 801 g/mol. The molecule has 5 aliphatic heterocycles. The molecule has 0 aromatic rings. The number of rotatable bonds is 8. The van der Waals surface area contributed by atoms with Crippen LogP contribution >= 0.6 is 0 Å². The molecule has 0 radical (unpaired) electrons. The molecule has 0 amide bonds. The third kappa shape index (κ3) is 9.46. The molecule has 350 valence electrons. The van der Waals surface area contributed by atoms with Crippen molar-refractivity contribution in [2.75, 3.05) is 27.4 Å². The maximum Gasteiger partial charge on any atom is 0.316 e. The fourth-order valence-corrected chi connectivity index (χ4v) is 11.3. The smallest absolute Gasteiger partial charge is 0.316 e. The third-order valence-corrected chi connectivity index (χ3v) is 15.4. The van der Waals surface area contributed by atoms with E-state index in [0.29, 0.717) is 55.6 Å². The lowest BCUT2D eigenvalue weighted by atomic mass is 9.67. The van der Waals surface area contributed by atoms with Crippen LogP contribution in [0.5, 0.6) is 0 Å². The number of hydrogen-bond acceptors (Lipinski definition) is 14. The maximum atomic E-state index is 14.4. The maximum absolute atomic E-state index is 14.4. The molecule has 5 heterocycles. The number of esters is 1. The number of fused-ring (bicyclic) bond motifs is 2. The van der Waals surface area contributed by atoms with Crippen molar-refractivity contribution in [2.45, 2.75) is 191 Å². The highest BCUT2D eigenvalue weighted by atomic mass is 16.7. The molecule has 0 aromatic heterocycles. The fraction of sp³-hybridized carbons (Fsp3) is 0.812. The molecule has 3 unspecified atom stereocenters. The summed E-state index contributed by atoms with van der Waals surface area (Å²) < 4.78 is 56.5. The summed E-state index contributed by atoms with van der Waals surface area (Å²) >= 11 is 0. The van der Waals surface area contributed by atoms with Crippen LogP contribution in [0.3, 0.4) is 0 Å². The van der Waals surface area contributed by atoms with E-state index in [1.807, 2.05) is 19.1 Å². The van der Waals surface area contributed by atoms with E-state index in [-0.39, 0.29) is 43.2 Å². The zero-order valence-electron chi connectivity index (χ0n) is 38.2. The Morgan fingerprint density at radius 1 is 0.952 bits per heavy atom. The number of ether oxygens (including phenoxy) is 9. The van der Waals surface area contributed by atoms with Gasteiger partial charge in [0.25, 0.3) is 0 Å². The number of methoxy groups -OCH3 is 2. The molecule has 4 N–H and O–H groups in total. The van der Waals surface area contributed by atoms with E-state index in [4.69, 9.17) is 42.6 Å². The molecular formula is C48H74O14. The van der Waals surface area contributed by atoms with Crippen molar-refractivity contribution in [3.05, 3.63) is 47.1 Å². The average Bonchev–Trinajstić information content (AvgIpc) is 3.59. The highest BCUT2D eigenvalue weighted by Gasteiger charge is 2.60. The molecule has 0 aromatic carbocycles. The molecule has 7 rings (SSSR count). The van der Waals surface area contributed by atoms with E-state index in [1.54, 1.807) is 40.2 Å². The average molecular weight is 875 g/mol. The van der Waals surface area contributed by atoms with Crippen molar-refractivity contribution in [1.82, 2.24) is 0 Å². The first-order valence-corrected chi connectivity index (χ1v) is 23.2. The summed E-state index contributed by atoms with van der Waals surface area (Å²) in [7, 11) is 3.20. The highest BCUT2D eigenvalue weighted by Crippen LogP contribution is 2.50. The van der Waals surface area contributed by atoms with E-state index >= 15 is 0 Å². The fourth-order valence-electron chi connectivity index (χ4n) is 11.3. The van der Waals surface area contributed by atoms with Crippen LogP contribution in [0.4, 0.5) is 0 Å². The van der Waals surface area contributed by atoms with Gasteiger partial charge in [-0.2, -0.15) is 0 Å². The minimum absolute atomic E-state index is 0.0274. The van der Waals surface area contributed by atoms with Gasteiger partial charge >= 0.3 is 5.97 Å². The SMILES string of the molecule is CC[C@H](C)[C@H]1O[C@]2(CC[C@@H]1C)C[C@@H]1C[C@@H](C/C=C(\C)[C@@H](OC3C[C@H](OC)[C@@H](OC4C[C@H](OC)[C@@H](O)[C@H](C)O4)CO3)[C@@H](C)/C=C/C=C3\CO[C@@H]4[C@H](O)C(C)=CC(C(=O)O1)[C@]34O)[C@H]2O. The lowest BCUT2D eigenvalue weighted by molar-refractivity contribution is -0.303. The molecule has 2 bridgehead atoms. The van der Waals surface area contributed by atoms with Crippen molar-refractivity contribution in [2.24, 2.45) is 29.6 Å². The second-order valence-corrected chi connectivity index (χ2v) is 19.5. The number of carbonyl (C=O) groups is 1. The molecule has 5 fully saturated rings. The minimum atomic E-state index is -1.84. The van der Waals surface area contributed by atoms with Gasteiger partial charge in [-0.15, -0.1) is 0 Å². The van der Waals surface area contributed by atoms with Crippen LogP contribution in [0.15, 0.2) is 47.1 Å². The van der Waals surface area contributed by atoms with Crippen LogP contribution in [0.25, 0.3) is 0 Å². The van der Waals surface area contributed by atoms with Crippen LogP contribution in [0.2, 0.25) is 0 Å². The van der Waals surface area contributed by atoms with E-state index in [9.17, 15) is 25.2 Å². The van der Waals surface area contributed by atoms with Gasteiger partial charge in [-0.05, 0) is 80.9 Å². The van der Waals surface area contributed by atoms with Crippen LogP contribution < -0.4 is 0 Å². The number of aliphatic hydroxyl groups excluding tert-OH is 3. The molecule has 20 atom stereocenters. The largest absolute Gasteiger partial charge is 0.462 e. The van der Waals surface area contributed by atoms with Crippen molar-refractivity contribution in [3.63, 3.8) is 0 Å². The molecule has 4 saturated heterocycles. The van der Waals surface area contributed by atoms with E-state index < -0.39 is 90.6 Å².